The van der Waals surface area contributed by atoms with Crippen LogP contribution in [0.25, 0.3) is 22.4 Å². The molecule has 6 rings (SSSR count). The van der Waals surface area contributed by atoms with Crippen LogP contribution in [0.4, 0.5) is 17.6 Å². The molecule has 0 fully saturated rings. The minimum Gasteiger partial charge on any atom is -0.440 e. The van der Waals surface area contributed by atoms with Crippen molar-refractivity contribution < 1.29 is 31.5 Å². The average molecular weight is 584 g/mol. The maximum atomic E-state index is 14.2. The van der Waals surface area contributed by atoms with Crippen LogP contribution in [0.3, 0.4) is 0 Å². The van der Waals surface area contributed by atoms with Gasteiger partial charge in [-0.15, -0.1) is 20.5 Å². The molecule has 0 saturated heterocycles. The van der Waals surface area contributed by atoms with E-state index in [4.69, 9.17) is 4.42 Å². The van der Waals surface area contributed by atoms with Crippen molar-refractivity contribution in [2.24, 2.45) is 7.05 Å². The van der Waals surface area contributed by atoms with E-state index < -0.39 is 12.2 Å². The molecule has 2 aromatic heterocycles. The quantitative estimate of drug-likeness (QED) is 0.169. The van der Waals surface area contributed by atoms with Crippen molar-refractivity contribution in [3.63, 3.8) is 0 Å². The van der Waals surface area contributed by atoms with E-state index >= 15 is 0 Å². The van der Waals surface area contributed by atoms with Gasteiger partial charge in [0.1, 0.15) is 11.4 Å². The second kappa shape index (κ2) is 9.83. The summed E-state index contributed by atoms with van der Waals surface area (Å²) in [6.07, 6.45) is 2.88. The van der Waals surface area contributed by atoms with Crippen LogP contribution in [0, 0.1) is 6.92 Å². The molecular formula is C30H25F4N3O3S. The van der Waals surface area contributed by atoms with Crippen LogP contribution in [-0.4, -0.2) is 27.3 Å². The molecule has 0 saturated carbocycles. The maximum absolute atomic E-state index is 14.2. The SMILES string of the molecule is CSc1cccc(C2C=C(c3oc(C)nc3-c3ccc4c(c3)OC(F)(F)O4)C(c3cc(C(C)(F)F)nn3C)=CC2)c1. The number of allylic oxidation sites excluding steroid dienone is 4. The van der Waals surface area contributed by atoms with Gasteiger partial charge in [0.2, 0.25) is 0 Å². The third-order valence-corrected chi connectivity index (χ3v) is 7.74. The largest absolute Gasteiger partial charge is 0.586 e. The Kier molecular flexibility index (Phi) is 6.52. The zero-order valence-electron chi connectivity index (χ0n) is 22.5. The molecule has 1 unspecified atom stereocenters. The Labute approximate surface area is 237 Å². The van der Waals surface area contributed by atoms with Crippen LogP contribution in [0.1, 0.15) is 47.9 Å². The average Bonchev–Trinajstić information content (AvgIpc) is 3.60. The van der Waals surface area contributed by atoms with Crippen LogP contribution in [-0.2, 0) is 13.0 Å². The fourth-order valence-corrected chi connectivity index (χ4v) is 5.56. The number of ether oxygens (including phenoxy) is 2. The van der Waals surface area contributed by atoms with Gasteiger partial charge in [0.15, 0.2) is 23.1 Å². The maximum Gasteiger partial charge on any atom is 0.586 e. The summed E-state index contributed by atoms with van der Waals surface area (Å²) in [5.41, 5.74) is 3.35. The first-order valence-corrected chi connectivity index (χ1v) is 14.0. The van der Waals surface area contributed by atoms with E-state index in [2.05, 4.69) is 25.6 Å². The highest BCUT2D eigenvalue weighted by Gasteiger charge is 2.43. The molecule has 41 heavy (non-hydrogen) atoms. The Morgan fingerprint density at radius 3 is 2.56 bits per heavy atom. The van der Waals surface area contributed by atoms with Crippen molar-refractivity contribution in [3.8, 4) is 22.8 Å². The number of rotatable bonds is 6. The number of nitrogens with zero attached hydrogens (tertiary/aromatic N) is 3. The Hall–Kier alpha value is -3.99. The molecule has 6 nitrogen and oxygen atoms in total. The summed E-state index contributed by atoms with van der Waals surface area (Å²) >= 11 is 1.64. The normalized spacial score (nSPS) is 17.9. The molecule has 2 aromatic carbocycles. The highest BCUT2D eigenvalue weighted by atomic mass is 32.2. The molecule has 0 N–H and O–H groups in total. The molecule has 3 heterocycles. The first kappa shape index (κ1) is 27.2. The molecular weight excluding hydrogens is 558 g/mol. The second-order valence-electron chi connectivity index (χ2n) is 9.98. The first-order chi connectivity index (χ1) is 19.4. The van der Waals surface area contributed by atoms with Crippen LogP contribution in [0.2, 0.25) is 0 Å². The number of aryl methyl sites for hydroxylation is 2. The summed E-state index contributed by atoms with van der Waals surface area (Å²) in [6.45, 7) is 2.49. The van der Waals surface area contributed by atoms with Crippen LogP contribution in [0.15, 0.2) is 70.0 Å². The number of hydrogen-bond acceptors (Lipinski definition) is 6. The van der Waals surface area contributed by atoms with E-state index in [1.54, 1.807) is 31.8 Å². The van der Waals surface area contributed by atoms with Crippen molar-refractivity contribution in [1.82, 2.24) is 14.8 Å². The van der Waals surface area contributed by atoms with Gasteiger partial charge in [-0.2, -0.15) is 13.9 Å². The van der Waals surface area contributed by atoms with Crippen LogP contribution >= 0.6 is 11.8 Å². The summed E-state index contributed by atoms with van der Waals surface area (Å²) in [6, 6.07) is 14.0. The number of aromatic nitrogens is 3. The van der Waals surface area contributed by atoms with Crippen LogP contribution in [0.5, 0.6) is 11.5 Å². The number of thioether (sulfide) groups is 1. The van der Waals surface area contributed by atoms with Crippen molar-refractivity contribution in [1.29, 1.82) is 0 Å². The lowest BCUT2D eigenvalue weighted by Gasteiger charge is -2.22. The molecule has 1 aliphatic heterocycles. The lowest BCUT2D eigenvalue weighted by atomic mass is 9.83. The van der Waals surface area contributed by atoms with E-state index in [0.717, 1.165) is 17.4 Å². The Bertz CT molecular complexity index is 1720. The minimum absolute atomic E-state index is 0.0464. The van der Waals surface area contributed by atoms with Gasteiger partial charge >= 0.3 is 6.29 Å². The van der Waals surface area contributed by atoms with E-state index in [1.807, 2.05) is 36.6 Å². The van der Waals surface area contributed by atoms with Gasteiger partial charge in [-0.05, 0) is 54.6 Å². The second-order valence-corrected chi connectivity index (χ2v) is 10.9. The number of hydrogen-bond donors (Lipinski definition) is 0. The fourth-order valence-electron chi connectivity index (χ4n) is 5.09. The summed E-state index contributed by atoms with van der Waals surface area (Å²) in [5.74, 6) is -2.67. The van der Waals surface area contributed by atoms with Crippen molar-refractivity contribution >= 4 is 22.9 Å². The van der Waals surface area contributed by atoms with E-state index in [9.17, 15) is 17.6 Å². The molecule has 1 atom stereocenters. The molecule has 4 aromatic rings. The summed E-state index contributed by atoms with van der Waals surface area (Å²) in [5, 5.41) is 4.07. The first-order valence-electron chi connectivity index (χ1n) is 12.8. The molecule has 0 amide bonds. The van der Waals surface area contributed by atoms with Crippen LogP contribution < -0.4 is 9.47 Å². The molecule has 0 spiro atoms. The van der Waals surface area contributed by atoms with Gasteiger partial charge < -0.3 is 13.9 Å². The molecule has 0 bridgehead atoms. The lowest BCUT2D eigenvalue weighted by Crippen LogP contribution is -2.25. The lowest BCUT2D eigenvalue weighted by molar-refractivity contribution is -0.286. The fraction of sp³-hybridized carbons (Fsp3) is 0.267. The molecule has 1 aliphatic carbocycles. The topological polar surface area (TPSA) is 62.3 Å². The van der Waals surface area contributed by atoms with E-state index in [1.165, 1.54) is 22.9 Å². The third-order valence-electron chi connectivity index (χ3n) is 7.01. The predicted molar refractivity (Wildman–Crippen MR) is 147 cm³/mol. The Balaban J connectivity index is 1.50. The number of oxazole rings is 1. The van der Waals surface area contributed by atoms with Crippen molar-refractivity contribution in [2.45, 2.75) is 43.3 Å². The summed E-state index contributed by atoms with van der Waals surface area (Å²) in [7, 11) is 1.61. The molecule has 2 aliphatic rings. The standard InChI is InChI=1S/C30H25F4N3O3S/c1-16-35-27(19-9-11-24-25(14-19)40-30(33,34)39-24)28(38-16)22-13-18(17-6-5-7-20(12-17)41-4)8-10-21(22)23-15-26(29(2,31)32)36-37(23)3/h5-7,9-15,18H,8H2,1-4H3. The Morgan fingerprint density at radius 1 is 1.05 bits per heavy atom. The summed E-state index contributed by atoms with van der Waals surface area (Å²) in [4.78, 5) is 5.69. The molecule has 0 radical (unpaired) electrons. The van der Waals surface area contributed by atoms with Gasteiger partial charge in [-0.25, -0.2) is 4.98 Å². The smallest absolute Gasteiger partial charge is 0.440 e. The number of halogens is 4. The zero-order chi connectivity index (χ0) is 29.1. The van der Waals surface area contributed by atoms with E-state index in [0.29, 0.717) is 46.2 Å². The monoisotopic (exact) mass is 583 g/mol. The highest BCUT2D eigenvalue weighted by molar-refractivity contribution is 7.98. The van der Waals surface area contributed by atoms with Gasteiger partial charge in [0.05, 0.1) is 5.69 Å². The zero-order valence-corrected chi connectivity index (χ0v) is 23.4. The van der Waals surface area contributed by atoms with Gasteiger partial charge in [-0.3, -0.25) is 4.68 Å². The highest BCUT2D eigenvalue weighted by Crippen LogP contribution is 2.47. The molecule has 212 valence electrons. The van der Waals surface area contributed by atoms with Crippen molar-refractivity contribution in [2.75, 3.05) is 6.26 Å². The summed E-state index contributed by atoms with van der Waals surface area (Å²) < 4.78 is 72.6. The van der Waals surface area contributed by atoms with Gasteiger partial charge in [-0.1, -0.05) is 24.3 Å². The number of alkyl halides is 4. The number of fused-ring (bicyclic) bond motifs is 1. The van der Waals surface area contributed by atoms with E-state index in [-0.39, 0.29) is 23.1 Å². The molecule has 11 heteroatoms. The van der Waals surface area contributed by atoms with Gasteiger partial charge in [0, 0.05) is 48.4 Å². The third kappa shape index (κ3) is 5.14. The predicted octanol–water partition coefficient (Wildman–Crippen LogP) is 8.19. The van der Waals surface area contributed by atoms with Gasteiger partial charge in [0.25, 0.3) is 5.92 Å². The van der Waals surface area contributed by atoms with Crippen molar-refractivity contribution in [3.05, 3.63) is 89.3 Å². The number of benzene rings is 2. The Morgan fingerprint density at radius 2 is 1.83 bits per heavy atom. The minimum atomic E-state index is -3.76.